The number of pyridine rings is 1. The summed E-state index contributed by atoms with van der Waals surface area (Å²) in [6.45, 7) is 1.95. The standard InChI is InChI=1S/C23H20Cl2FN3O2/c24-18-11-17(12-19(25)22(18)29-8-1-2-9-29)28-23(30)16-5-6-20(26)21(10-16)31-14-15-4-3-7-27-13-15/h3-7,10-13H,1-2,8-9,14H2,(H,28,30). The van der Waals surface area contributed by atoms with Crippen molar-refractivity contribution in [1.29, 1.82) is 0 Å². The molecule has 1 amide bonds. The molecular formula is C23H20Cl2FN3O2. The molecule has 2 heterocycles. The van der Waals surface area contributed by atoms with E-state index in [9.17, 15) is 9.18 Å². The predicted molar refractivity (Wildman–Crippen MR) is 121 cm³/mol. The second-order valence-corrected chi connectivity index (χ2v) is 8.05. The van der Waals surface area contributed by atoms with Crippen molar-refractivity contribution in [2.45, 2.75) is 19.4 Å². The van der Waals surface area contributed by atoms with Crippen LogP contribution in [0.15, 0.2) is 54.9 Å². The van der Waals surface area contributed by atoms with Crippen molar-refractivity contribution in [3.8, 4) is 5.75 Å². The van der Waals surface area contributed by atoms with Crippen LogP contribution < -0.4 is 15.0 Å². The van der Waals surface area contributed by atoms with Crippen molar-refractivity contribution in [3.05, 3.63) is 81.8 Å². The Kier molecular flexibility index (Phi) is 6.59. The van der Waals surface area contributed by atoms with Gasteiger partial charge in [0.2, 0.25) is 0 Å². The summed E-state index contributed by atoms with van der Waals surface area (Å²) in [5.41, 5.74) is 2.29. The quantitative estimate of drug-likeness (QED) is 0.493. The second-order valence-electron chi connectivity index (χ2n) is 7.23. The Labute approximate surface area is 189 Å². The highest BCUT2D eigenvalue weighted by Crippen LogP contribution is 2.38. The monoisotopic (exact) mass is 459 g/mol. The number of hydrogen-bond acceptors (Lipinski definition) is 4. The second kappa shape index (κ2) is 9.54. The van der Waals surface area contributed by atoms with Gasteiger partial charge in [0.25, 0.3) is 5.91 Å². The lowest BCUT2D eigenvalue weighted by atomic mass is 10.2. The summed E-state index contributed by atoms with van der Waals surface area (Å²) in [4.78, 5) is 18.9. The molecule has 1 N–H and O–H groups in total. The van der Waals surface area contributed by atoms with Gasteiger partial charge in [0.15, 0.2) is 11.6 Å². The highest BCUT2D eigenvalue weighted by molar-refractivity contribution is 6.39. The van der Waals surface area contributed by atoms with E-state index in [1.54, 1.807) is 30.6 Å². The first-order valence-corrected chi connectivity index (χ1v) is 10.6. The number of carbonyl (C=O) groups is 1. The molecule has 1 saturated heterocycles. The van der Waals surface area contributed by atoms with Crippen LogP contribution in [0.1, 0.15) is 28.8 Å². The van der Waals surface area contributed by atoms with Gasteiger partial charge < -0.3 is 15.0 Å². The molecule has 1 aromatic heterocycles. The lowest BCUT2D eigenvalue weighted by Crippen LogP contribution is -2.19. The fourth-order valence-electron chi connectivity index (χ4n) is 3.48. The SMILES string of the molecule is O=C(Nc1cc(Cl)c(N2CCCC2)c(Cl)c1)c1ccc(F)c(OCc2cccnc2)c1. The topological polar surface area (TPSA) is 54.5 Å². The van der Waals surface area contributed by atoms with E-state index in [0.717, 1.165) is 37.2 Å². The van der Waals surface area contributed by atoms with Crippen molar-refractivity contribution >= 4 is 40.5 Å². The Morgan fingerprint density at radius 2 is 1.87 bits per heavy atom. The van der Waals surface area contributed by atoms with E-state index >= 15 is 0 Å². The number of rotatable bonds is 6. The maximum Gasteiger partial charge on any atom is 0.255 e. The van der Waals surface area contributed by atoms with E-state index < -0.39 is 11.7 Å². The Balaban J connectivity index is 1.48. The smallest absolute Gasteiger partial charge is 0.255 e. The first-order chi connectivity index (χ1) is 15.0. The third kappa shape index (κ3) is 5.09. The molecule has 0 radical (unpaired) electrons. The molecule has 0 atom stereocenters. The van der Waals surface area contributed by atoms with Crippen LogP contribution in [0, 0.1) is 5.82 Å². The van der Waals surface area contributed by atoms with Gasteiger partial charge in [-0.25, -0.2) is 4.39 Å². The number of aromatic nitrogens is 1. The molecule has 8 heteroatoms. The van der Waals surface area contributed by atoms with Gasteiger partial charge in [-0.05, 0) is 49.2 Å². The average Bonchev–Trinajstić information content (AvgIpc) is 3.27. The molecule has 31 heavy (non-hydrogen) atoms. The van der Waals surface area contributed by atoms with E-state index in [-0.39, 0.29) is 17.9 Å². The lowest BCUT2D eigenvalue weighted by molar-refractivity contribution is 0.102. The third-order valence-electron chi connectivity index (χ3n) is 5.01. The highest BCUT2D eigenvalue weighted by Gasteiger charge is 2.20. The number of ether oxygens (including phenoxy) is 1. The molecule has 0 aliphatic carbocycles. The molecule has 1 fully saturated rings. The van der Waals surface area contributed by atoms with Crippen molar-refractivity contribution in [3.63, 3.8) is 0 Å². The van der Waals surface area contributed by atoms with E-state index in [4.69, 9.17) is 27.9 Å². The molecular weight excluding hydrogens is 440 g/mol. The van der Waals surface area contributed by atoms with Crippen LogP contribution >= 0.6 is 23.2 Å². The molecule has 0 saturated carbocycles. The average molecular weight is 460 g/mol. The first-order valence-electron chi connectivity index (χ1n) is 9.88. The Hall–Kier alpha value is -2.83. The van der Waals surface area contributed by atoms with Crippen LogP contribution in [0.4, 0.5) is 15.8 Å². The lowest BCUT2D eigenvalue weighted by Gasteiger charge is -2.21. The van der Waals surface area contributed by atoms with Crippen molar-refractivity contribution in [2.75, 3.05) is 23.3 Å². The van der Waals surface area contributed by atoms with E-state index in [0.29, 0.717) is 15.7 Å². The molecule has 0 bridgehead atoms. The zero-order valence-corrected chi connectivity index (χ0v) is 18.1. The third-order valence-corrected chi connectivity index (χ3v) is 5.58. The molecule has 5 nitrogen and oxygen atoms in total. The highest BCUT2D eigenvalue weighted by atomic mass is 35.5. The van der Waals surface area contributed by atoms with Gasteiger partial charge in [-0.1, -0.05) is 29.3 Å². The molecule has 2 aromatic carbocycles. The van der Waals surface area contributed by atoms with Crippen LogP contribution in [-0.4, -0.2) is 24.0 Å². The number of benzene rings is 2. The summed E-state index contributed by atoms with van der Waals surface area (Å²) >= 11 is 12.9. The molecule has 3 aromatic rings. The summed E-state index contributed by atoms with van der Waals surface area (Å²) in [5.74, 6) is -0.995. The number of nitrogens with one attached hydrogen (secondary N) is 1. The van der Waals surface area contributed by atoms with Crippen molar-refractivity contribution in [2.24, 2.45) is 0 Å². The first kappa shape index (κ1) is 21.4. The molecule has 1 aliphatic heterocycles. The number of hydrogen-bond donors (Lipinski definition) is 1. The predicted octanol–water partition coefficient (Wildman–Crippen LogP) is 5.96. The normalized spacial score (nSPS) is 13.3. The van der Waals surface area contributed by atoms with Gasteiger partial charge in [-0.15, -0.1) is 0 Å². The van der Waals surface area contributed by atoms with E-state index in [2.05, 4.69) is 15.2 Å². The molecule has 4 rings (SSSR count). The van der Waals surface area contributed by atoms with Gasteiger partial charge in [0.05, 0.1) is 15.7 Å². The van der Waals surface area contributed by atoms with Gasteiger partial charge in [-0.3, -0.25) is 9.78 Å². The number of amides is 1. The minimum atomic E-state index is -0.554. The van der Waals surface area contributed by atoms with Crippen LogP contribution in [0.25, 0.3) is 0 Å². The summed E-state index contributed by atoms with van der Waals surface area (Å²) in [6, 6.07) is 10.9. The Bertz CT molecular complexity index is 1070. The van der Waals surface area contributed by atoms with Crippen molar-refractivity contribution < 1.29 is 13.9 Å². The van der Waals surface area contributed by atoms with Crippen LogP contribution in [-0.2, 0) is 6.61 Å². The van der Waals surface area contributed by atoms with Crippen LogP contribution in [0.5, 0.6) is 5.75 Å². The number of carbonyl (C=O) groups excluding carboxylic acids is 1. The molecule has 0 unspecified atom stereocenters. The molecule has 160 valence electrons. The van der Waals surface area contributed by atoms with Gasteiger partial charge in [-0.2, -0.15) is 0 Å². The maximum absolute atomic E-state index is 14.1. The van der Waals surface area contributed by atoms with Crippen LogP contribution in [0.2, 0.25) is 10.0 Å². The molecule has 1 aliphatic rings. The maximum atomic E-state index is 14.1. The van der Waals surface area contributed by atoms with E-state index in [1.807, 2.05) is 6.07 Å². The Morgan fingerprint density at radius 1 is 1.13 bits per heavy atom. The number of halogens is 3. The summed E-state index contributed by atoms with van der Waals surface area (Å²) in [6.07, 6.45) is 5.47. The van der Waals surface area contributed by atoms with Gasteiger partial charge in [0, 0.05) is 42.3 Å². The number of anilines is 2. The fraction of sp³-hybridized carbons (Fsp3) is 0.217. The summed E-state index contributed by atoms with van der Waals surface area (Å²) < 4.78 is 19.7. The molecule has 0 spiro atoms. The van der Waals surface area contributed by atoms with Gasteiger partial charge >= 0.3 is 0 Å². The van der Waals surface area contributed by atoms with Gasteiger partial charge in [0.1, 0.15) is 6.61 Å². The Morgan fingerprint density at radius 3 is 2.55 bits per heavy atom. The minimum absolute atomic E-state index is 0.0167. The van der Waals surface area contributed by atoms with Crippen molar-refractivity contribution in [1.82, 2.24) is 4.98 Å². The minimum Gasteiger partial charge on any atom is -0.486 e. The number of nitrogens with zero attached hydrogens (tertiary/aromatic N) is 2. The summed E-state index contributed by atoms with van der Waals surface area (Å²) in [7, 11) is 0. The zero-order chi connectivity index (χ0) is 21.8. The van der Waals surface area contributed by atoms with E-state index in [1.165, 1.54) is 18.2 Å². The largest absolute Gasteiger partial charge is 0.486 e. The van der Waals surface area contributed by atoms with Crippen LogP contribution in [0.3, 0.4) is 0 Å². The zero-order valence-electron chi connectivity index (χ0n) is 16.6. The fourth-order valence-corrected chi connectivity index (χ4v) is 4.21. The summed E-state index contributed by atoms with van der Waals surface area (Å²) in [5, 5.41) is 3.72.